The van der Waals surface area contributed by atoms with E-state index in [1.807, 2.05) is 7.11 Å². The number of benzene rings is 9. The zero-order chi connectivity index (χ0) is 41.1. The maximum absolute atomic E-state index is 6.52. The Balaban J connectivity index is 1.06. The van der Waals surface area contributed by atoms with Gasteiger partial charge >= 0.3 is 0 Å². The standard InChI is InChI=1S/C58H40N2O2/c1-61-51-25-13-20-45-55-43-18-3-4-19-44(43)57(56(45)51)58-46(55)34-52(62-2)53(35-26-30-37(31-27-35)59-47-21-9-5-14-39(47)40-15-6-10-22-48(40)59)54(58)36-28-32-38(33-29-36)60-49-23-11-7-16-41(49)42-17-8-12-24-50(42)60/h3-34,55,57H,1-2H3. The van der Waals surface area contributed by atoms with Crippen molar-refractivity contribution in [2.24, 2.45) is 0 Å². The maximum Gasteiger partial charge on any atom is 0.127 e. The van der Waals surface area contributed by atoms with Gasteiger partial charge in [-0.05, 0) is 105 Å². The van der Waals surface area contributed by atoms with Gasteiger partial charge in [0, 0.05) is 55.9 Å². The van der Waals surface area contributed by atoms with Crippen molar-refractivity contribution in [2.45, 2.75) is 11.8 Å². The molecule has 4 nitrogen and oxygen atoms in total. The Morgan fingerprint density at radius 1 is 0.339 bits per heavy atom. The Morgan fingerprint density at radius 2 is 0.758 bits per heavy atom. The van der Waals surface area contributed by atoms with Crippen LogP contribution in [-0.2, 0) is 0 Å². The van der Waals surface area contributed by atoms with Gasteiger partial charge in [0.2, 0.25) is 0 Å². The Labute approximate surface area is 359 Å². The summed E-state index contributed by atoms with van der Waals surface area (Å²) in [6.07, 6.45) is 0. The number of para-hydroxylation sites is 4. The molecule has 11 aromatic rings. The SMILES string of the molecule is COc1cc2c(c(-c3ccc(-n4c5ccccc5c5ccccc54)cc3)c1-c1ccc(-n3c4ccccc4c4ccccc43)cc1)C1c3ccccc3C2c2cccc(OC)c21. The molecule has 0 spiro atoms. The predicted molar refractivity (Wildman–Crippen MR) is 254 cm³/mol. The van der Waals surface area contributed by atoms with E-state index in [0.717, 1.165) is 39.6 Å². The van der Waals surface area contributed by atoms with Crippen LogP contribution in [0.5, 0.6) is 11.5 Å². The van der Waals surface area contributed by atoms with Gasteiger partial charge in [0.1, 0.15) is 11.5 Å². The monoisotopic (exact) mass is 796 g/mol. The highest BCUT2D eigenvalue weighted by molar-refractivity contribution is 6.10. The molecule has 294 valence electrons. The molecule has 2 bridgehead atoms. The van der Waals surface area contributed by atoms with Crippen LogP contribution in [0.15, 0.2) is 194 Å². The summed E-state index contributed by atoms with van der Waals surface area (Å²) < 4.78 is 17.5. The van der Waals surface area contributed by atoms with E-state index in [1.54, 1.807) is 7.11 Å². The maximum atomic E-state index is 6.52. The second-order valence-corrected chi connectivity index (χ2v) is 16.6. The number of methoxy groups -OCH3 is 2. The predicted octanol–water partition coefficient (Wildman–Crippen LogP) is 14.2. The van der Waals surface area contributed by atoms with Crippen LogP contribution in [0, 0.1) is 0 Å². The van der Waals surface area contributed by atoms with Crippen molar-refractivity contribution in [1.29, 1.82) is 0 Å². The van der Waals surface area contributed by atoms with Gasteiger partial charge < -0.3 is 18.6 Å². The third-order valence-corrected chi connectivity index (χ3v) is 13.7. The quantitative estimate of drug-likeness (QED) is 0.168. The van der Waals surface area contributed by atoms with E-state index in [2.05, 4.69) is 203 Å². The molecule has 2 heterocycles. The minimum absolute atomic E-state index is 0.0348. The smallest absolute Gasteiger partial charge is 0.127 e. The average Bonchev–Trinajstić information content (AvgIpc) is 3.86. The first-order valence-corrected chi connectivity index (χ1v) is 21.4. The molecule has 0 N–H and O–H groups in total. The summed E-state index contributed by atoms with van der Waals surface area (Å²) in [5.74, 6) is 1.79. The lowest BCUT2D eigenvalue weighted by atomic mass is 9.59. The number of rotatable bonds is 6. The summed E-state index contributed by atoms with van der Waals surface area (Å²) in [5, 5.41) is 5.01. The zero-order valence-electron chi connectivity index (χ0n) is 34.3. The van der Waals surface area contributed by atoms with Crippen molar-refractivity contribution in [1.82, 2.24) is 9.13 Å². The van der Waals surface area contributed by atoms with Crippen LogP contribution in [0.4, 0.5) is 0 Å². The summed E-state index contributed by atoms with van der Waals surface area (Å²) in [7, 11) is 3.62. The van der Waals surface area contributed by atoms with Crippen LogP contribution < -0.4 is 9.47 Å². The minimum Gasteiger partial charge on any atom is -0.496 e. The molecule has 3 aliphatic rings. The highest BCUT2D eigenvalue weighted by Gasteiger charge is 2.45. The molecule has 2 atom stereocenters. The molecule has 0 radical (unpaired) electrons. The van der Waals surface area contributed by atoms with Crippen molar-refractivity contribution < 1.29 is 9.47 Å². The fraction of sp³-hybridized carbons (Fsp3) is 0.0690. The van der Waals surface area contributed by atoms with Crippen LogP contribution in [0.25, 0.3) is 77.2 Å². The molecule has 62 heavy (non-hydrogen) atoms. The van der Waals surface area contributed by atoms with Crippen molar-refractivity contribution in [3.05, 3.63) is 228 Å². The minimum atomic E-state index is -0.0362. The summed E-state index contributed by atoms with van der Waals surface area (Å²) in [6, 6.07) is 71.0. The number of ether oxygens (including phenoxy) is 2. The van der Waals surface area contributed by atoms with Crippen molar-refractivity contribution in [3.63, 3.8) is 0 Å². The molecule has 3 aliphatic carbocycles. The fourth-order valence-electron chi connectivity index (χ4n) is 11.2. The fourth-order valence-corrected chi connectivity index (χ4v) is 11.2. The van der Waals surface area contributed by atoms with Gasteiger partial charge in [-0.25, -0.2) is 0 Å². The first-order valence-electron chi connectivity index (χ1n) is 21.4. The van der Waals surface area contributed by atoms with Gasteiger partial charge in [0.25, 0.3) is 0 Å². The van der Waals surface area contributed by atoms with E-state index >= 15 is 0 Å². The third kappa shape index (κ3) is 4.78. The highest BCUT2D eigenvalue weighted by atomic mass is 16.5. The molecule has 4 heteroatoms. The average molecular weight is 797 g/mol. The van der Waals surface area contributed by atoms with E-state index in [4.69, 9.17) is 9.47 Å². The Kier molecular flexibility index (Phi) is 7.53. The molecular formula is C58H40N2O2. The second kappa shape index (κ2) is 13.3. The van der Waals surface area contributed by atoms with E-state index < -0.39 is 0 Å². The largest absolute Gasteiger partial charge is 0.496 e. The summed E-state index contributed by atoms with van der Waals surface area (Å²) in [6.45, 7) is 0. The van der Waals surface area contributed by atoms with Gasteiger partial charge in [0.15, 0.2) is 0 Å². The molecular weight excluding hydrogens is 757 g/mol. The van der Waals surface area contributed by atoms with Crippen LogP contribution in [0.2, 0.25) is 0 Å². The first kappa shape index (κ1) is 35.0. The van der Waals surface area contributed by atoms with Crippen molar-refractivity contribution in [3.8, 4) is 45.1 Å². The van der Waals surface area contributed by atoms with Gasteiger partial charge in [-0.1, -0.05) is 133 Å². The van der Waals surface area contributed by atoms with Crippen LogP contribution in [0.3, 0.4) is 0 Å². The molecule has 14 rings (SSSR count). The van der Waals surface area contributed by atoms with Crippen LogP contribution in [0.1, 0.15) is 45.2 Å². The molecule has 0 amide bonds. The number of fused-ring (bicyclic) bond motifs is 6. The van der Waals surface area contributed by atoms with E-state index in [1.165, 1.54) is 82.6 Å². The lowest BCUT2D eigenvalue weighted by molar-refractivity contribution is 0.405. The lowest BCUT2D eigenvalue weighted by Crippen LogP contribution is -2.29. The highest BCUT2D eigenvalue weighted by Crippen LogP contribution is 2.62. The summed E-state index contributed by atoms with van der Waals surface area (Å²) in [5.41, 5.74) is 19.4. The van der Waals surface area contributed by atoms with E-state index in [9.17, 15) is 0 Å². The third-order valence-electron chi connectivity index (χ3n) is 13.7. The topological polar surface area (TPSA) is 28.3 Å². The van der Waals surface area contributed by atoms with Crippen molar-refractivity contribution in [2.75, 3.05) is 14.2 Å². The molecule has 2 unspecified atom stereocenters. The van der Waals surface area contributed by atoms with Gasteiger partial charge in [-0.2, -0.15) is 0 Å². The Bertz CT molecular complexity index is 3500. The molecule has 0 fully saturated rings. The van der Waals surface area contributed by atoms with E-state index in [-0.39, 0.29) is 11.8 Å². The van der Waals surface area contributed by atoms with Crippen LogP contribution in [-0.4, -0.2) is 23.4 Å². The number of hydrogen-bond acceptors (Lipinski definition) is 2. The normalized spacial score (nSPS) is 14.9. The molecule has 2 aromatic heterocycles. The molecule has 0 aliphatic heterocycles. The Hall–Kier alpha value is -7.82. The first-order chi connectivity index (χ1) is 30.7. The molecule has 9 aromatic carbocycles. The summed E-state index contributed by atoms with van der Waals surface area (Å²) in [4.78, 5) is 0. The van der Waals surface area contributed by atoms with Gasteiger partial charge in [-0.3, -0.25) is 0 Å². The Morgan fingerprint density at radius 3 is 1.24 bits per heavy atom. The molecule has 0 saturated carbocycles. The number of hydrogen-bond donors (Lipinski definition) is 0. The van der Waals surface area contributed by atoms with Crippen molar-refractivity contribution >= 4 is 43.6 Å². The van der Waals surface area contributed by atoms with Gasteiger partial charge in [0.05, 0.1) is 36.3 Å². The zero-order valence-corrected chi connectivity index (χ0v) is 34.3. The number of nitrogens with zero attached hydrogens (tertiary/aromatic N) is 2. The summed E-state index contributed by atoms with van der Waals surface area (Å²) >= 11 is 0. The molecule has 0 saturated heterocycles. The van der Waals surface area contributed by atoms with Gasteiger partial charge in [-0.15, -0.1) is 0 Å². The second-order valence-electron chi connectivity index (χ2n) is 16.6. The number of aromatic nitrogens is 2. The lowest BCUT2D eigenvalue weighted by Gasteiger charge is -2.44. The van der Waals surface area contributed by atoms with E-state index in [0.29, 0.717) is 0 Å². The van der Waals surface area contributed by atoms with Crippen LogP contribution >= 0.6 is 0 Å².